The number of morpholine rings is 1. The van der Waals surface area contributed by atoms with Gasteiger partial charge in [-0.05, 0) is 19.5 Å². The minimum atomic E-state index is -0.284. The minimum absolute atomic E-state index is 0.192. The summed E-state index contributed by atoms with van der Waals surface area (Å²) in [6, 6.07) is 1.56. The molecule has 0 bridgehead atoms. The smallest absolute Gasteiger partial charge is 0.141 e. The fraction of sp³-hybridized carbons (Fsp3) is 0.615. The molecule has 5 heteroatoms. The van der Waals surface area contributed by atoms with Gasteiger partial charge in [-0.1, -0.05) is 6.92 Å². The molecular formula is C13H20FN3O. The van der Waals surface area contributed by atoms with E-state index >= 15 is 0 Å². The highest BCUT2D eigenvalue weighted by molar-refractivity contribution is 5.47. The first-order valence-electron chi connectivity index (χ1n) is 6.42. The summed E-state index contributed by atoms with van der Waals surface area (Å²) < 4.78 is 18.8. The summed E-state index contributed by atoms with van der Waals surface area (Å²) in [6.45, 7) is 7.88. The highest BCUT2D eigenvalue weighted by atomic mass is 19.1. The van der Waals surface area contributed by atoms with Crippen LogP contribution in [0, 0.1) is 5.82 Å². The van der Waals surface area contributed by atoms with Crippen LogP contribution in [-0.4, -0.2) is 37.3 Å². The number of hydrogen-bond acceptors (Lipinski definition) is 4. The number of nitrogens with zero attached hydrogens (tertiary/aromatic N) is 2. The summed E-state index contributed by atoms with van der Waals surface area (Å²) in [5, 5.41) is 3.22. The number of pyridine rings is 1. The second-order valence-corrected chi connectivity index (χ2v) is 4.54. The third-order valence-corrected chi connectivity index (χ3v) is 3.02. The van der Waals surface area contributed by atoms with E-state index in [0.717, 1.165) is 31.0 Å². The Morgan fingerprint density at radius 3 is 3.17 bits per heavy atom. The van der Waals surface area contributed by atoms with E-state index in [-0.39, 0.29) is 11.9 Å². The number of hydrogen-bond donors (Lipinski definition) is 1. The molecule has 0 spiro atoms. The van der Waals surface area contributed by atoms with Crippen LogP contribution in [0.5, 0.6) is 0 Å². The average Bonchev–Trinajstić information content (AvgIpc) is 2.36. The Morgan fingerprint density at radius 1 is 1.61 bits per heavy atom. The van der Waals surface area contributed by atoms with Crippen LogP contribution >= 0.6 is 0 Å². The highest BCUT2D eigenvalue weighted by Gasteiger charge is 2.20. The van der Waals surface area contributed by atoms with E-state index in [1.54, 1.807) is 6.07 Å². The van der Waals surface area contributed by atoms with Crippen LogP contribution in [0.3, 0.4) is 0 Å². The summed E-state index contributed by atoms with van der Waals surface area (Å²) in [4.78, 5) is 6.41. The Balaban J connectivity index is 2.19. The van der Waals surface area contributed by atoms with Crippen molar-refractivity contribution in [1.29, 1.82) is 0 Å². The first-order chi connectivity index (χ1) is 8.70. The van der Waals surface area contributed by atoms with Gasteiger partial charge in [-0.2, -0.15) is 0 Å². The maximum absolute atomic E-state index is 13.3. The number of ether oxygens (including phenoxy) is 1. The first-order valence-corrected chi connectivity index (χ1v) is 6.42. The van der Waals surface area contributed by atoms with Crippen molar-refractivity contribution in [3.63, 3.8) is 0 Å². The normalized spacial score (nSPS) is 20.2. The molecule has 1 aliphatic rings. The van der Waals surface area contributed by atoms with Gasteiger partial charge in [-0.15, -0.1) is 0 Å². The summed E-state index contributed by atoms with van der Waals surface area (Å²) in [6.07, 6.45) is 1.47. The molecule has 1 saturated heterocycles. The quantitative estimate of drug-likeness (QED) is 0.883. The zero-order valence-corrected chi connectivity index (χ0v) is 10.9. The molecule has 0 amide bonds. The third-order valence-electron chi connectivity index (χ3n) is 3.02. The Hall–Kier alpha value is -1.20. The van der Waals surface area contributed by atoms with Crippen molar-refractivity contribution in [3.8, 4) is 0 Å². The molecule has 1 unspecified atom stereocenters. The van der Waals surface area contributed by atoms with Crippen LogP contribution in [0.4, 0.5) is 10.2 Å². The number of aromatic nitrogens is 1. The SMILES string of the molecule is CCNCc1cc(F)cnc1N1CCOC(C)C1. The van der Waals surface area contributed by atoms with Gasteiger partial charge in [0.25, 0.3) is 0 Å². The fourth-order valence-corrected chi connectivity index (χ4v) is 2.16. The van der Waals surface area contributed by atoms with E-state index in [9.17, 15) is 4.39 Å². The molecule has 1 atom stereocenters. The lowest BCUT2D eigenvalue weighted by Crippen LogP contribution is -2.42. The topological polar surface area (TPSA) is 37.4 Å². The summed E-state index contributed by atoms with van der Waals surface area (Å²) >= 11 is 0. The van der Waals surface area contributed by atoms with Crippen molar-refractivity contribution in [2.45, 2.75) is 26.5 Å². The molecule has 1 fully saturated rings. The molecule has 4 nitrogen and oxygen atoms in total. The van der Waals surface area contributed by atoms with Gasteiger partial charge in [-0.25, -0.2) is 9.37 Å². The number of halogens is 1. The molecule has 0 radical (unpaired) electrons. The lowest BCUT2D eigenvalue weighted by Gasteiger charge is -2.33. The Kier molecular flexibility index (Phi) is 4.49. The van der Waals surface area contributed by atoms with E-state index in [4.69, 9.17) is 4.74 Å². The van der Waals surface area contributed by atoms with Crippen LogP contribution in [-0.2, 0) is 11.3 Å². The Bertz CT molecular complexity index is 400. The third kappa shape index (κ3) is 3.17. The second kappa shape index (κ2) is 6.11. The van der Waals surface area contributed by atoms with Crippen molar-refractivity contribution in [3.05, 3.63) is 23.6 Å². The van der Waals surface area contributed by atoms with Crippen LogP contribution in [0.1, 0.15) is 19.4 Å². The van der Waals surface area contributed by atoms with Gasteiger partial charge in [0.1, 0.15) is 11.6 Å². The van der Waals surface area contributed by atoms with E-state index in [0.29, 0.717) is 13.2 Å². The van der Waals surface area contributed by atoms with E-state index < -0.39 is 0 Å². The van der Waals surface area contributed by atoms with Crippen molar-refractivity contribution in [2.24, 2.45) is 0 Å². The monoisotopic (exact) mass is 253 g/mol. The second-order valence-electron chi connectivity index (χ2n) is 4.54. The molecule has 18 heavy (non-hydrogen) atoms. The molecule has 1 aliphatic heterocycles. The van der Waals surface area contributed by atoms with Gasteiger partial charge < -0.3 is 15.0 Å². The van der Waals surface area contributed by atoms with E-state index in [1.165, 1.54) is 6.20 Å². The molecule has 1 N–H and O–H groups in total. The van der Waals surface area contributed by atoms with Gasteiger partial charge in [0.2, 0.25) is 0 Å². The van der Waals surface area contributed by atoms with Gasteiger partial charge in [0.05, 0.1) is 18.9 Å². The fourth-order valence-electron chi connectivity index (χ4n) is 2.16. The predicted octanol–water partition coefficient (Wildman–Crippen LogP) is 1.56. The van der Waals surface area contributed by atoms with Crippen LogP contribution in [0.25, 0.3) is 0 Å². The Morgan fingerprint density at radius 2 is 2.44 bits per heavy atom. The van der Waals surface area contributed by atoms with Crippen LogP contribution in [0.2, 0.25) is 0 Å². The van der Waals surface area contributed by atoms with Crippen LogP contribution in [0.15, 0.2) is 12.3 Å². The Labute approximate surface area is 107 Å². The summed E-state index contributed by atoms with van der Waals surface area (Å²) in [5.41, 5.74) is 0.908. The van der Waals surface area contributed by atoms with Gasteiger partial charge in [0, 0.05) is 25.2 Å². The average molecular weight is 253 g/mol. The molecule has 100 valence electrons. The first kappa shape index (κ1) is 13.2. The summed E-state index contributed by atoms with van der Waals surface area (Å²) in [5.74, 6) is 0.584. The van der Waals surface area contributed by atoms with Gasteiger partial charge in [-0.3, -0.25) is 0 Å². The standard InChI is InChI=1S/C13H20FN3O/c1-3-15-7-11-6-12(14)8-16-13(11)17-4-5-18-10(2)9-17/h6,8,10,15H,3-5,7,9H2,1-2H3. The molecule has 0 aromatic carbocycles. The zero-order chi connectivity index (χ0) is 13.0. The molecule has 2 heterocycles. The van der Waals surface area contributed by atoms with Crippen molar-refractivity contribution in [2.75, 3.05) is 31.1 Å². The molecular weight excluding hydrogens is 233 g/mol. The van der Waals surface area contributed by atoms with Crippen molar-refractivity contribution >= 4 is 5.82 Å². The maximum Gasteiger partial charge on any atom is 0.141 e. The van der Waals surface area contributed by atoms with Crippen molar-refractivity contribution in [1.82, 2.24) is 10.3 Å². The van der Waals surface area contributed by atoms with E-state index in [2.05, 4.69) is 15.2 Å². The number of rotatable bonds is 4. The number of anilines is 1. The lowest BCUT2D eigenvalue weighted by molar-refractivity contribution is 0.0528. The molecule has 1 aromatic rings. The largest absolute Gasteiger partial charge is 0.375 e. The lowest BCUT2D eigenvalue weighted by atomic mass is 10.2. The minimum Gasteiger partial charge on any atom is -0.375 e. The number of nitrogens with one attached hydrogen (secondary N) is 1. The molecule has 2 rings (SSSR count). The molecule has 0 aliphatic carbocycles. The summed E-state index contributed by atoms with van der Waals surface area (Å²) in [7, 11) is 0. The van der Waals surface area contributed by atoms with Gasteiger partial charge >= 0.3 is 0 Å². The van der Waals surface area contributed by atoms with Gasteiger partial charge in [0.15, 0.2) is 0 Å². The predicted molar refractivity (Wildman–Crippen MR) is 69.2 cm³/mol. The molecule has 1 aromatic heterocycles. The highest BCUT2D eigenvalue weighted by Crippen LogP contribution is 2.21. The molecule has 0 saturated carbocycles. The van der Waals surface area contributed by atoms with Crippen molar-refractivity contribution < 1.29 is 9.13 Å². The van der Waals surface area contributed by atoms with E-state index in [1.807, 2.05) is 13.8 Å². The van der Waals surface area contributed by atoms with Crippen LogP contribution < -0.4 is 10.2 Å². The zero-order valence-electron chi connectivity index (χ0n) is 10.9. The maximum atomic E-state index is 13.3.